The summed E-state index contributed by atoms with van der Waals surface area (Å²) in [5, 5.41) is 6.18. The van der Waals surface area contributed by atoms with Crippen molar-refractivity contribution in [3.05, 3.63) is 59.7 Å². The number of rotatable bonds is 8. The molecule has 0 aromatic heterocycles. The number of carbonyl (C=O) groups is 1. The summed E-state index contributed by atoms with van der Waals surface area (Å²) in [6.45, 7) is 7.96. The third kappa shape index (κ3) is 5.39. The minimum absolute atomic E-state index is 0.00341. The molecule has 2 aromatic carbocycles. The van der Waals surface area contributed by atoms with E-state index in [4.69, 9.17) is 4.74 Å². The lowest BCUT2D eigenvalue weighted by Crippen LogP contribution is -2.22. The highest BCUT2D eigenvalue weighted by atomic mass is 16.5. The van der Waals surface area contributed by atoms with Gasteiger partial charge in [0.05, 0.1) is 0 Å². The maximum atomic E-state index is 12.1. The zero-order chi connectivity index (χ0) is 17.4. The van der Waals surface area contributed by atoms with Gasteiger partial charge in [0, 0.05) is 12.2 Å². The maximum Gasteiger partial charge on any atom is 0.262 e. The number of hydrogen-bond acceptors (Lipinski definition) is 3. The van der Waals surface area contributed by atoms with Crippen molar-refractivity contribution in [3.63, 3.8) is 0 Å². The van der Waals surface area contributed by atoms with Crippen LogP contribution < -0.4 is 15.4 Å². The van der Waals surface area contributed by atoms with Gasteiger partial charge in [-0.15, -0.1) is 0 Å². The second-order valence-corrected chi connectivity index (χ2v) is 6.00. The molecule has 24 heavy (non-hydrogen) atoms. The van der Waals surface area contributed by atoms with E-state index < -0.39 is 0 Å². The second-order valence-electron chi connectivity index (χ2n) is 6.00. The first-order valence-corrected chi connectivity index (χ1v) is 8.41. The van der Waals surface area contributed by atoms with Gasteiger partial charge in [0.25, 0.3) is 5.91 Å². The monoisotopic (exact) mass is 326 g/mol. The topological polar surface area (TPSA) is 50.4 Å². The molecule has 128 valence electrons. The predicted molar refractivity (Wildman–Crippen MR) is 98.5 cm³/mol. The van der Waals surface area contributed by atoms with Crippen molar-refractivity contribution < 1.29 is 9.53 Å². The maximum absolute atomic E-state index is 12.1. The number of nitrogens with one attached hydrogen (secondary N) is 2. The highest BCUT2D eigenvalue weighted by Gasteiger charge is 2.07. The van der Waals surface area contributed by atoms with Gasteiger partial charge in [0.15, 0.2) is 6.61 Å². The van der Waals surface area contributed by atoms with Gasteiger partial charge in [-0.1, -0.05) is 51.1 Å². The molecule has 0 heterocycles. The lowest BCUT2D eigenvalue weighted by atomic mass is 10.0. The molecule has 0 saturated carbocycles. The SMILES string of the molecule is CCNCc1ccccc1NC(=O)COc1ccc(C(C)C)cc1. The lowest BCUT2D eigenvalue weighted by molar-refractivity contribution is -0.118. The van der Waals surface area contributed by atoms with Crippen LogP contribution in [-0.2, 0) is 11.3 Å². The van der Waals surface area contributed by atoms with Crippen LogP contribution >= 0.6 is 0 Å². The van der Waals surface area contributed by atoms with E-state index in [1.54, 1.807) is 0 Å². The summed E-state index contributed by atoms with van der Waals surface area (Å²) in [7, 11) is 0. The Morgan fingerprint density at radius 3 is 2.46 bits per heavy atom. The van der Waals surface area contributed by atoms with Crippen molar-refractivity contribution in [2.24, 2.45) is 0 Å². The molecule has 0 spiro atoms. The van der Waals surface area contributed by atoms with Crippen molar-refractivity contribution in [2.75, 3.05) is 18.5 Å². The van der Waals surface area contributed by atoms with Crippen LogP contribution in [0.5, 0.6) is 5.75 Å². The Bertz CT molecular complexity index is 651. The molecule has 0 unspecified atom stereocenters. The Morgan fingerprint density at radius 1 is 1.08 bits per heavy atom. The van der Waals surface area contributed by atoms with E-state index in [1.807, 2.05) is 48.5 Å². The molecule has 0 bridgehead atoms. The summed E-state index contributed by atoms with van der Waals surface area (Å²) in [6.07, 6.45) is 0. The molecule has 1 amide bonds. The normalized spacial score (nSPS) is 10.7. The molecular formula is C20H26N2O2. The molecule has 2 aromatic rings. The Balaban J connectivity index is 1.89. The highest BCUT2D eigenvalue weighted by Crippen LogP contribution is 2.19. The van der Waals surface area contributed by atoms with E-state index in [1.165, 1.54) is 5.56 Å². The molecule has 0 radical (unpaired) electrons. The Morgan fingerprint density at radius 2 is 1.79 bits per heavy atom. The summed E-state index contributed by atoms with van der Waals surface area (Å²) in [6, 6.07) is 15.7. The molecule has 0 aliphatic rings. The zero-order valence-electron chi connectivity index (χ0n) is 14.6. The van der Waals surface area contributed by atoms with Gasteiger partial charge >= 0.3 is 0 Å². The quantitative estimate of drug-likeness (QED) is 0.772. The van der Waals surface area contributed by atoms with Crippen molar-refractivity contribution in [3.8, 4) is 5.75 Å². The van der Waals surface area contributed by atoms with Gasteiger partial charge in [-0.3, -0.25) is 4.79 Å². The standard InChI is InChI=1S/C20H26N2O2/c1-4-21-13-17-7-5-6-8-19(17)22-20(23)14-24-18-11-9-16(10-12-18)15(2)3/h5-12,15,21H,4,13-14H2,1-3H3,(H,22,23). The first-order valence-electron chi connectivity index (χ1n) is 8.41. The van der Waals surface area contributed by atoms with Crippen LogP contribution in [0.1, 0.15) is 37.8 Å². The van der Waals surface area contributed by atoms with Crippen LogP contribution in [0.2, 0.25) is 0 Å². The number of amides is 1. The van der Waals surface area contributed by atoms with Crippen molar-refractivity contribution in [1.29, 1.82) is 0 Å². The van der Waals surface area contributed by atoms with Gasteiger partial charge in [0.1, 0.15) is 5.75 Å². The fourth-order valence-electron chi connectivity index (χ4n) is 2.34. The van der Waals surface area contributed by atoms with E-state index in [0.717, 1.165) is 24.3 Å². The van der Waals surface area contributed by atoms with Crippen LogP contribution in [-0.4, -0.2) is 19.1 Å². The van der Waals surface area contributed by atoms with E-state index in [0.29, 0.717) is 11.7 Å². The average Bonchev–Trinajstić information content (AvgIpc) is 2.59. The second kappa shape index (κ2) is 9.08. The molecule has 0 saturated heterocycles. The first kappa shape index (κ1) is 18.0. The van der Waals surface area contributed by atoms with Crippen LogP contribution in [0.15, 0.2) is 48.5 Å². The van der Waals surface area contributed by atoms with Gasteiger partial charge in [-0.2, -0.15) is 0 Å². The van der Waals surface area contributed by atoms with Crippen molar-refractivity contribution in [1.82, 2.24) is 5.32 Å². The van der Waals surface area contributed by atoms with Gasteiger partial charge in [-0.25, -0.2) is 0 Å². The molecule has 4 heteroatoms. The Kier molecular flexibility index (Phi) is 6.82. The Labute approximate surface area is 144 Å². The molecular weight excluding hydrogens is 300 g/mol. The van der Waals surface area contributed by atoms with Crippen LogP contribution in [0, 0.1) is 0 Å². The van der Waals surface area contributed by atoms with Crippen molar-refractivity contribution in [2.45, 2.75) is 33.2 Å². The van der Waals surface area contributed by atoms with Crippen LogP contribution in [0.4, 0.5) is 5.69 Å². The predicted octanol–water partition coefficient (Wildman–Crippen LogP) is 3.94. The summed E-state index contributed by atoms with van der Waals surface area (Å²) in [5.41, 5.74) is 3.14. The van der Waals surface area contributed by atoms with Gasteiger partial charge < -0.3 is 15.4 Å². The summed E-state index contributed by atoms with van der Waals surface area (Å²) >= 11 is 0. The van der Waals surface area contributed by atoms with E-state index in [-0.39, 0.29) is 12.5 Å². The molecule has 0 atom stereocenters. The highest BCUT2D eigenvalue weighted by molar-refractivity contribution is 5.92. The summed E-state index contributed by atoms with van der Waals surface area (Å²) in [5.74, 6) is 1.03. The van der Waals surface area contributed by atoms with Gasteiger partial charge in [-0.05, 0) is 41.8 Å². The molecule has 4 nitrogen and oxygen atoms in total. The molecule has 0 aliphatic carbocycles. The minimum Gasteiger partial charge on any atom is -0.484 e. The largest absolute Gasteiger partial charge is 0.484 e. The van der Waals surface area contributed by atoms with Crippen LogP contribution in [0.3, 0.4) is 0 Å². The number of benzene rings is 2. The number of para-hydroxylation sites is 1. The number of anilines is 1. The summed E-state index contributed by atoms with van der Waals surface area (Å²) in [4.78, 5) is 12.1. The average molecular weight is 326 g/mol. The minimum atomic E-state index is -0.160. The number of carbonyl (C=O) groups excluding carboxylic acids is 1. The molecule has 0 fully saturated rings. The fraction of sp³-hybridized carbons (Fsp3) is 0.350. The molecule has 2 N–H and O–H groups in total. The van der Waals surface area contributed by atoms with Crippen LogP contribution in [0.25, 0.3) is 0 Å². The number of hydrogen-bond donors (Lipinski definition) is 2. The smallest absolute Gasteiger partial charge is 0.262 e. The van der Waals surface area contributed by atoms with E-state index >= 15 is 0 Å². The van der Waals surface area contributed by atoms with Crippen molar-refractivity contribution >= 4 is 11.6 Å². The molecule has 2 rings (SSSR count). The van der Waals surface area contributed by atoms with E-state index in [9.17, 15) is 4.79 Å². The zero-order valence-corrected chi connectivity index (χ0v) is 14.6. The number of ether oxygens (including phenoxy) is 1. The lowest BCUT2D eigenvalue weighted by Gasteiger charge is -2.12. The van der Waals surface area contributed by atoms with E-state index in [2.05, 4.69) is 31.4 Å². The third-order valence-corrected chi connectivity index (χ3v) is 3.77. The third-order valence-electron chi connectivity index (χ3n) is 3.77. The fourth-order valence-corrected chi connectivity index (χ4v) is 2.34. The summed E-state index contributed by atoms with van der Waals surface area (Å²) < 4.78 is 5.57. The van der Waals surface area contributed by atoms with Gasteiger partial charge in [0.2, 0.25) is 0 Å². The Hall–Kier alpha value is -2.33. The first-order chi connectivity index (χ1) is 11.6. The molecule has 0 aliphatic heterocycles.